The minimum absolute atomic E-state index is 0.492. The van der Waals surface area contributed by atoms with E-state index >= 15 is 0 Å². The van der Waals surface area contributed by atoms with Gasteiger partial charge in [-0.25, -0.2) is 0 Å². The molecule has 2 aromatic rings. The molecular formula is C15H19N3S. The predicted octanol–water partition coefficient (Wildman–Crippen LogP) is 2.72. The van der Waals surface area contributed by atoms with Gasteiger partial charge >= 0.3 is 0 Å². The van der Waals surface area contributed by atoms with Crippen LogP contribution in [-0.2, 0) is 19.5 Å². The second-order valence-electron chi connectivity index (χ2n) is 5.06. The van der Waals surface area contributed by atoms with Crippen LogP contribution in [0, 0.1) is 0 Å². The van der Waals surface area contributed by atoms with E-state index in [-0.39, 0.29) is 0 Å². The van der Waals surface area contributed by atoms with Crippen LogP contribution >= 0.6 is 11.3 Å². The molecule has 1 unspecified atom stereocenters. The van der Waals surface area contributed by atoms with Gasteiger partial charge in [-0.1, -0.05) is 6.07 Å². The number of nitrogens with zero attached hydrogens (tertiary/aromatic N) is 2. The maximum atomic E-state index is 5.60. The van der Waals surface area contributed by atoms with Gasteiger partial charge in [-0.15, -0.1) is 11.3 Å². The summed E-state index contributed by atoms with van der Waals surface area (Å²) in [6.07, 6.45) is 3.05. The molecule has 3 nitrogen and oxygen atoms in total. The van der Waals surface area contributed by atoms with Gasteiger partial charge in [0, 0.05) is 36.8 Å². The van der Waals surface area contributed by atoms with Crippen molar-refractivity contribution < 1.29 is 0 Å². The van der Waals surface area contributed by atoms with Crippen molar-refractivity contribution in [2.45, 2.75) is 32.5 Å². The van der Waals surface area contributed by atoms with Crippen LogP contribution in [0.5, 0.6) is 0 Å². The molecule has 1 aliphatic heterocycles. The van der Waals surface area contributed by atoms with Gasteiger partial charge in [-0.2, -0.15) is 0 Å². The maximum Gasteiger partial charge on any atom is 0.0544 e. The number of hydrogen-bond acceptors (Lipinski definition) is 4. The fourth-order valence-corrected chi connectivity index (χ4v) is 3.62. The molecule has 0 bridgehead atoms. The van der Waals surface area contributed by atoms with Gasteiger partial charge in [0.25, 0.3) is 0 Å². The van der Waals surface area contributed by atoms with E-state index in [4.69, 9.17) is 5.73 Å². The molecule has 3 rings (SSSR count). The minimum Gasteiger partial charge on any atom is -0.326 e. The zero-order valence-corrected chi connectivity index (χ0v) is 12.0. The van der Waals surface area contributed by atoms with Crippen molar-refractivity contribution in [3.63, 3.8) is 0 Å². The van der Waals surface area contributed by atoms with Crippen molar-refractivity contribution in [1.29, 1.82) is 0 Å². The molecule has 2 N–H and O–H groups in total. The van der Waals surface area contributed by atoms with Crippen LogP contribution in [0.1, 0.15) is 34.7 Å². The molecule has 0 fully saturated rings. The molecule has 4 heteroatoms. The van der Waals surface area contributed by atoms with Gasteiger partial charge in [-0.3, -0.25) is 9.88 Å². The molecule has 0 radical (unpaired) electrons. The van der Waals surface area contributed by atoms with Crippen molar-refractivity contribution >= 4 is 11.3 Å². The van der Waals surface area contributed by atoms with Gasteiger partial charge in [0.2, 0.25) is 0 Å². The summed E-state index contributed by atoms with van der Waals surface area (Å²) < 4.78 is 0. The summed E-state index contributed by atoms with van der Waals surface area (Å²) >= 11 is 1.89. The first-order valence-electron chi connectivity index (χ1n) is 6.72. The summed E-state index contributed by atoms with van der Waals surface area (Å²) in [7, 11) is 0. The zero-order valence-electron chi connectivity index (χ0n) is 11.2. The first kappa shape index (κ1) is 12.8. The summed E-state index contributed by atoms with van der Waals surface area (Å²) in [5.74, 6) is 0. The SMILES string of the molecule is CC1c2ccsc2CCN1Cc1ccc(CN)cn1. The smallest absolute Gasteiger partial charge is 0.0544 e. The fourth-order valence-electron chi connectivity index (χ4n) is 2.65. The second kappa shape index (κ2) is 5.41. The van der Waals surface area contributed by atoms with E-state index in [1.54, 1.807) is 4.88 Å². The summed E-state index contributed by atoms with van der Waals surface area (Å²) in [5.41, 5.74) is 9.31. The molecule has 0 aromatic carbocycles. The molecule has 1 atom stereocenters. The van der Waals surface area contributed by atoms with Crippen LogP contribution in [-0.4, -0.2) is 16.4 Å². The highest BCUT2D eigenvalue weighted by molar-refractivity contribution is 7.10. The average Bonchev–Trinajstić information content (AvgIpc) is 2.92. The molecule has 0 saturated carbocycles. The molecule has 2 aromatic heterocycles. The van der Waals surface area contributed by atoms with Crippen LogP contribution in [0.4, 0.5) is 0 Å². The molecule has 0 saturated heterocycles. The van der Waals surface area contributed by atoms with Gasteiger partial charge < -0.3 is 5.73 Å². The van der Waals surface area contributed by atoms with Crippen molar-refractivity contribution in [3.05, 3.63) is 51.5 Å². The first-order valence-corrected chi connectivity index (χ1v) is 7.60. The van der Waals surface area contributed by atoms with Crippen molar-refractivity contribution in [2.75, 3.05) is 6.54 Å². The van der Waals surface area contributed by atoms with Crippen LogP contribution in [0.3, 0.4) is 0 Å². The summed E-state index contributed by atoms with van der Waals surface area (Å²) in [6.45, 7) is 4.89. The molecular weight excluding hydrogens is 254 g/mol. The number of nitrogens with two attached hydrogens (primary N) is 1. The third kappa shape index (κ3) is 2.56. The quantitative estimate of drug-likeness (QED) is 0.935. The zero-order chi connectivity index (χ0) is 13.2. The van der Waals surface area contributed by atoms with Crippen molar-refractivity contribution in [1.82, 2.24) is 9.88 Å². The van der Waals surface area contributed by atoms with Crippen molar-refractivity contribution in [3.8, 4) is 0 Å². The Morgan fingerprint density at radius 3 is 3.05 bits per heavy atom. The minimum atomic E-state index is 0.492. The molecule has 0 spiro atoms. The summed E-state index contributed by atoms with van der Waals surface area (Å²) in [5, 5.41) is 2.21. The van der Waals surface area contributed by atoms with Crippen molar-refractivity contribution in [2.24, 2.45) is 5.73 Å². The maximum absolute atomic E-state index is 5.60. The van der Waals surface area contributed by atoms with Gasteiger partial charge in [0.05, 0.1) is 5.69 Å². The van der Waals surface area contributed by atoms with Gasteiger partial charge in [0.1, 0.15) is 0 Å². The van der Waals surface area contributed by atoms with E-state index in [1.807, 2.05) is 17.5 Å². The lowest BCUT2D eigenvalue weighted by molar-refractivity contribution is 0.189. The van der Waals surface area contributed by atoms with E-state index in [2.05, 4.69) is 40.4 Å². The van der Waals surface area contributed by atoms with Crippen LogP contribution in [0.15, 0.2) is 29.8 Å². The Bertz CT molecular complexity index is 547. The molecule has 19 heavy (non-hydrogen) atoms. The highest BCUT2D eigenvalue weighted by atomic mass is 32.1. The average molecular weight is 273 g/mol. The summed E-state index contributed by atoms with van der Waals surface area (Å²) in [6, 6.07) is 6.93. The lowest BCUT2D eigenvalue weighted by Gasteiger charge is -2.33. The Morgan fingerprint density at radius 1 is 1.42 bits per heavy atom. The number of hydrogen-bond donors (Lipinski definition) is 1. The summed E-state index contributed by atoms with van der Waals surface area (Å²) in [4.78, 5) is 8.55. The molecule has 0 amide bonds. The number of fused-ring (bicyclic) bond motifs is 1. The topological polar surface area (TPSA) is 42.1 Å². The predicted molar refractivity (Wildman–Crippen MR) is 79.0 cm³/mol. The van der Waals surface area contributed by atoms with E-state index in [0.29, 0.717) is 12.6 Å². The van der Waals surface area contributed by atoms with Gasteiger partial charge in [0.15, 0.2) is 0 Å². The highest BCUT2D eigenvalue weighted by Crippen LogP contribution is 2.33. The Balaban J connectivity index is 1.73. The number of pyridine rings is 1. The molecule has 0 aliphatic carbocycles. The van der Waals surface area contributed by atoms with Gasteiger partial charge in [-0.05, 0) is 42.0 Å². The molecule has 3 heterocycles. The third-order valence-corrected chi connectivity index (χ3v) is 4.89. The largest absolute Gasteiger partial charge is 0.326 e. The Morgan fingerprint density at radius 2 is 2.32 bits per heavy atom. The molecule has 1 aliphatic rings. The van der Waals surface area contributed by atoms with Crippen LogP contribution in [0.2, 0.25) is 0 Å². The number of rotatable bonds is 3. The Labute approximate surface area is 118 Å². The lowest BCUT2D eigenvalue weighted by Crippen LogP contribution is -2.32. The Hall–Kier alpha value is -1.23. The monoisotopic (exact) mass is 273 g/mol. The number of aromatic nitrogens is 1. The van der Waals surface area contributed by atoms with E-state index in [0.717, 1.165) is 30.8 Å². The second-order valence-corrected chi connectivity index (χ2v) is 6.06. The lowest BCUT2D eigenvalue weighted by atomic mass is 10.0. The highest BCUT2D eigenvalue weighted by Gasteiger charge is 2.24. The van der Waals surface area contributed by atoms with Crippen LogP contribution < -0.4 is 5.73 Å². The third-order valence-electron chi connectivity index (χ3n) is 3.89. The Kier molecular flexibility index (Phi) is 3.64. The van der Waals surface area contributed by atoms with E-state index in [1.165, 1.54) is 5.56 Å². The van der Waals surface area contributed by atoms with Crippen LogP contribution in [0.25, 0.3) is 0 Å². The molecule has 100 valence electrons. The first-order chi connectivity index (χ1) is 9.28. The van der Waals surface area contributed by atoms with E-state index < -0.39 is 0 Å². The van der Waals surface area contributed by atoms with E-state index in [9.17, 15) is 0 Å². The number of thiophene rings is 1. The standard InChI is InChI=1S/C15H19N3S/c1-11-14-5-7-19-15(14)4-6-18(11)10-13-3-2-12(8-16)9-17-13/h2-3,5,7,9,11H,4,6,8,10,16H2,1H3. The fraction of sp³-hybridized carbons (Fsp3) is 0.400. The normalized spacial score (nSPS) is 19.4.